The van der Waals surface area contributed by atoms with Gasteiger partial charge in [-0.2, -0.15) is 0 Å². The maximum atomic E-state index is 14.0. The maximum absolute atomic E-state index is 14.0. The van der Waals surface area contributed by atoms with E-state index in [1.807, 2.05) is 0 Å². The molecule has 8 atom stereocenters. The summed E-state index contributed by atoms with van der Waals surface area (Å²) in [5.74, 6) is -2.69. The van der Waals surface area contributed by atoms with Crippen molar-refractivity contribution in [1.29, 1.82) is 0 Å². The van der Waals surface area contributed by atoms with Crippen LogP contribution in [0.2, 0.25) is 0 Å². The van der Waals surface area contributed by atoms with Crippen molar-refractivity contribution < 1.29 is 73.2 Å². The lowest BCUT2D eigenvalue weighted by molar-refractivity contribution is -0.228. The number of aliphatic hydroxyl groups excluding tert-OH is 3. The first-order valence-electron chi connectivity index (χ1n) is 23.2. The number of nitrogens with two attached hydrogens (primary N) is 1. The number of nitrogens with one attached hydrogen (secondary N) is 3. The van der Waals surface area contributed by atoms with Gasteiger partial charge in [0.1, 0.15) is 37.6 Å². The Morgan fingerprint density at radius 1 is 0.972 bits per heavy atom. The number of anilines is 1. The molecule has 0 bridgehead atoms. The second-order valence-corrected chi connectivity index (χ2v) is 18.4. The molecule has 0 spiro atoms. The van der Waals surface area contributed by atoms with E-state index in [1.165, 1.54) is 11.5 Å². The lowest BCUT2D eigenvalue weighted by Crippen LogP contribution is -2.59. The van der Waals surface area contributed by atoms with Gasteiger partial charge in [-0.15, -0.1) is 0 Å². The molecule has 0 aliphatic carbocycles. The number of rotatable bonds is 16. The Hall–Kier alpha value is -6.95. The average Bonchev–Trinajstić information content (AvgIpc) is 3.96. The SMILES string of the molecule is C=C(CCNC(=O)OCc1ccc(NC(=O)[C@H](C)NC(=O)[C@@H](N)C(C)C)cc1CC[C@@H]1O[C@H](C(=O)O)[C@@H](O)[C@H](O)[C@H]1O)c1c2c(nc3cc4c(cc13)OCO4)-c1cc3c(c(=O)n1C2)COC(=O)[C@]3(O)CC. The van der Waals surface area contributed by atoms with Crippen LogP contribution in [0.3, 0.4) is 0 Å². The van der Waals surface area contributed by atoms with E-state index in [0.717, 1.165) is 0 Å². The first-order chi connectivity index (χ1) is 33.7. The van der Waals surface area contributed by atoms with E-state index in [4.69, 9.17) is 34.4 Å². The molecule has 2 aromatic carbocycles. The van der Waals surface area contributed by atoms with Gasteiger partial charge in [-0.25, -0.2) is 19.4 Å². The molecule has 1 saturated heterocycles. The number of aliphatic carboxylic acids is 1. The number of nitrogens with zero attached hydrogens (tertiary/aromatic N) is 2. The molecular formula is C49H56N6O16. The fraction of sp³-hybridized carbons (Fsp3) is 0.449. The molecule has 0 radical (unpaired) electrons. The van der Waals surface area contributed by atoms with Gasteiger partial charge < -0.3 is 75.5 Å². The van der Waals surface area contributed by atoms with Gasteiger partial charge >= 0.3 is 18.0 Å². The van der Waals surface area contributed by atoms with Gasteiger partial charge in [0, 0.05) is 34.8 Å². The normalized spacial score (nSPS) is 22.7. The lowest BCUT2D eigenvalue weighted by atomic mass is 9.86. The number of carbonyl (C=O) groups is 5. The minimum atomic E-state index is -2.03. The van der Waals surface area contributed by atoms with Gasteiger partial charge in [-0.3, -0.25) is 14.4 Å². The van der Waals surface area contributed by atoms with Crippen LogP contribution in [0.25, 0.3) is 27.9 Å². The number of carbonyl (C=O) groups excluding carboxylic acids is 4. The Balaban J connectivity index is 0.988. The van der Waals surface area contributed by atoms with Crippen molar-refractivity contribution in [3.8, 4) is 22.9 Å². The van der Waals surface area contributed by atoms with Crippen molar-refractivity contribution in [2.75, 3.05) is 18.7 Å². The van der Waals surface area contributed by atoms with Crippen molar-refractivity contribution in [3.63, 3.8) is 0 Å². The second kappa shape index (κ2) is 20.0. The molecule has 2 aromatic heterocycles. The van der Waals surface area contributed by atoms with Crippen LogP contribution < -0.4 is 36.7 Å². The van der Waals surface area contributed by atoms with Crippen molar-refractivity contribution in [2.45, 2.75) is 121 Å². The topological polar surface area (TPSA) is 330 Å². The van der Waals surface area contributed by atoms with Crippen molar-refractivity contribution in [1.82, 2.24) is 20.2 Å². The summed E-state index contributed by atoms with van der Waals surface area (Å²) in [6.07, 6.45) is -9.06. The number of aromatic nitrogens is 2. The first-order valence-corrected chi connectivity index (χ1v) is 23.2. The van der Waals surface area contributed by atoms with E-state index in [9.17, 15) is 54.3 Å². The highest BCUT2D eigenvalue weighted by Gasteiger charge is 2.47. The lowest BCUT2D eigenvalue weighted by Gasteiger charge is -2.39. The number of amides is 3. The van der Waals surface area contributed by atoms with Crippen LogP contribution in [0.1, 0.15) is 80.3 Å². The van der Waals surface area contributed by atoms with Crippen LogP contribution in [-0.2, 0) is 65.2 Å². The molecule has 8 rings (SSSR count). The van der Waals surface area contributed by atoms with Crippen LogP contribution in [-0.4, -0.2) is 121 Å². The van der Waals surface area contributed by atoms with E-state index >= 15 is 0 Å². The number of cyclic esters (lactones) is 1. The van der Waals surface area contributed by atoms with Gasteiger partial charge in [0.15, 0.2) is 23.2 Å². The van der Waals surface area contributed by atoms with Gasteiger partial charge in [-0.1, -0.05) is 33.4 Å². The molecule has 6 heterocycles. The number of hydrogen-bond acceptors (Lipinski definition) is 17. The van der Waals surface area contributed by atoms with Crippen LogP contribution in [0, 0.1) is 5.92 Å². The Morgan fingerprint density at radius 2 is 1.70 bits per heavy atom. The quantitative estimate of drug-likeness (QED) is 0.0632. The zero-order chi connectivity index (χ0) is 51.2. The van der Waals surface area contributed by atoms with E-state index in [1.54, 1.807) is 57.2 Å². The standard InChI is InChI=1S/C49H56N6O16/c1-6-49(66)30-15-32-38-28(17-55(32)45(61)29(30)19-67-47(49)64)36(27-14-34-35(70-20-69-34)16-31(27)54-38)22(4)11-12-51-48(65)68-18-25-7-9-26(53-43(59)23(5)52-44(60)37(50)21(2)3)13-24(25)8-10-33-39(56)40(57)41(58)42(71-33)46(62)63/h7,9,13-16,21,23,33,37,39-42,56-58,66H,4,6,8,10-12,17-20,50H2,1-3,5H3,(H,51,65)(H,52,60)(H,53,59)(H,62,63)/t23-,33-,37-,39-,40+,41-,42-,49-/m0/s1. The Bertz CT molecular complexity index is 2900. The number of alkyl carbamates (subject to hydrolysis) is 1. The minimum Gasteiger partial charge on any atom is -0.479 e. The first kappa shape index (κ1) is 50.4. The number of fused-ring (bicyclic) bond motifs is 6. The number of carboxylic acids is 1. The van der Waals surface area contributed by atoms with Crippen molar-refractivity contribution >= 4 is 52.0 Å². The monoisotopic (exact) mass is 984 g/mol. The molecule has 4 aliphatic rings. The molecule has 1 fully saturated rings. The zero-order valence-corrected chi connectivity index (χ0v) is 39.4. The number of aryl methyl sites for hydroxylation is 1. The Kier molecular flexibility index (Phi) is 14.2. The number of aliphatic hydroxyl groups is 4. The van der Waals surface area contributed by atoms with Gasteiger partial charge in [0.25, 0.3) is 5.56 Å². The summed E-state index contributed by atoms with van der Waals surface area (Å²) < 4.78 is 29.2. The summed E-state index contributed by atoms with van der Waals surface area (Å²) in [5.41, 5.74) is 8.20. The molecule has 0 unspecified atom stereocenters. The molecule has 0 saturated carbocycles. The van der Waals surface area contributed by atoms with Crippen molar-refractivity contribution in [2.24, 2.45) is 11.7 Å². The van der Waals surface area contributed by atoms with Gasteiger partial charge in [0.05, 0.1) is 41.2 Å². The number of hydrogen-bond donors (Lipinski definition) is 9. The predicted octanol–water partition coefficient (Wildman–Crippen LogP) is 1.43. The molecule has 22 nitrogen and oxygen atoms in total. The van der Waals surface area contributed by atoms with Crippen molar-refractivity contribution in [3.05, 3.63) is 86.7 Å². The Labute approximate surface area is 405 Å². The van der Waals surface area contributed by atoms with Crippen LogP contribution in [0.5, 0.6) is 11.5 Å². The molecule has 4 aliphatic heterocycles. The fourth-order valence-electron chi connectivity index (χ4n) is 9.21. The largest absolute Gasteiger partial charge is 0.479 e. The number of carboxylic acid groups (broad SMARTS) is 1. The molecular weight excluding hydrogens is 929 g/mol. The highest BCUT2D eigenvalue weighted by Crippen LogP contribution is 2.45. The highest BCUT2D eigenvalue weighted by molar-refractivity contribution is 5.99. The molecule has 10 N–H and O–H groups in total. The third-order valence-corrected chi connectivity index (χ3v) is 13.5. The highest BCUT2D eigenvalue weighted by atomic mass is 16.7. The number of ether oxygens (including phenoxy) is 5. The summed E-state index contributed by atoms with van der Waals surface area (Å²) >= 11 is 0. The van der Waals surface area contributed by atoms with E-state index in [-0.39, 0.29) is 81.5 Å². The van der Waals surface area contributed by atoms with Gasteiger partial charge in [-0.05, 0) is 85.1 Å². The average molecular weight is 985 g/mol. The number of esters is 1. The van der Waals surface area contributed by atoms with E-state index in [0.29, 0.717) is 61.6 Å². The Morgan fingerprint density at radius 3 is 2.41 bits per heavy atom. The predicted molar refractivity (Wildman–Crippen MR) is 251 cm³/mol. The maximum Gasteiger partial charge on any atom is 0.407 e. The third-order valence-electron chi connectivity index (χ3n) is 13.5. The zero-order valence-electron chi connectivity index (χ0n) is 39.4. The molecule has 22 heteroatoms. The summed E-state index contributed by atoms with van der Waals surface area (Å²) in [7, 11) is 0. The smallest absolute Gasteiger partial charge is 0.407 e. The summed E-state index contributed by atoms with van der Waals surface area (Å²) in [6, 6.07) is 8.00. The number of benzene rings is 2. The molecule has 378 valence electrons. The minimum absolute atomic E-state index is 0.00114. The fourth-order valence-corrected chi connectivity index (χ4v) is 9.21. The van der Waals surface area contributed by atoms with Crippen LogP contribution in [0.15, 0.2) is 47.8 Å². The summed E-state index contributed by atoms with van der Waals surface area (Å²) in [4.78, 5) is 82.5. The summed E-state index contributed by atoms with van der Waals surface area (Å²) in [5, 5.41) is 61.0. The second-order valence-electron chi connectivity index (χ2n) is 18.4. The van der Waals surface area contributed by atoms with E-state index in [2.05, 4.69) is 22.5 Å². The van der Waals surface area contributed by atoms with E-state index < -0.39 is 83.6 Å². The molecule has 71 heavy (non-hydrogen) atoms. The molecule has 3 amide bonds. The summed E-state index contributed by atoms with van der Waals surface area (Å²) in [6.45, 7) is 10.6. The van der Waals surface area contributed by atoms with Crippen LogP contribution >= 0.6 is 0 Å². The van der Waals surface area contributed by atoms with Crippen LogP contribution in [0.4, 0.5) is 10.5 Å². The number of pyridine rings is 2. The molecule has 4 aromatic rings. The third kappa shape index (κ3) is 9.65. The van der Waals surface area contributed by atoms with Gasteiger partial charge in [0.2, 0.25) is 18.6 Å².